The lowest BCUT2D eigenvalue weighted by molar-refractivity contribution is 0.414. The predicted octanol–water partition coefficient (Wildman–Crippen LogP) is 2.95. The number of methoxy groups -OCH3 is 1. The van der Waals surface area contributed by atoms with Crippen LogP contribution in [0.3, 0.4) is 0 Å². The highest BCUT2D eigenvalue weighted by Crippen LogP contribution is 2.23. The number of aryl methyl sites for hydroxylation is 1. The van der Waals surface area contributed by atoms with Crippen LogP contribution in [-0.4, -0.2) is 20.5 Å². The van der Waals surface area contributed by atoms with Crippen LogP contribution in [0.15, 0.2) is 51.8 Å². The molecule has 1 aromatic heterocycles. The van der Waals surface area contributed by atoms with E-state index in [9.17, 15) is 8.42 Å². The zero-order valence-corrected chi connectivity index (χ0v) is 12.8. The zero-order chi connectivity index (χ0) is 15.7. The van der Waals surface area contributed by atoms with Crippen LogP contribution in [0.2, 0.25) is 0 Å². The van der Waals surface area contributed by atoms with Gasteiger partial charge in [-0.05, 0) is 42.5 Å². The van der Waals surface area contributed by atoms with Crippen molar-refractivity contribution in [2.75, 3.05) is 11.8 Å². The lowest BCUT2D eigenvalue weighted by Gasteiger charge is -2.08. The molecule has 7 heteroatoms. The molecule has 0 amide bonds. The van der Waals surface area contributed by atoms with Crippen molar-refractivity contribution in [3.05, 3.63) is 48.4 Å². The third kappa shape index (κ3) is 2.75. The van der Waals surface area contributed by atoms with Gasteiger partial charge >= 0.3 is 0 Å². The summed E-state index contributed by atoms with van der Waals surface area (Å²) in [4.78, 5) is 4.34. The number of nitrogens with zero attached hydrogens (tertiary/aromatic N) is 1. The Balaban J connectivity index is 1.91. The molecule has 0 saturated heterocycles. The molecule has 3 rings (SSSR count). The summed E-state index contributed by atoms with van der Waals surface area (Å²) in [6, 6.07) is 11.1. The van der Waals surface area contributed by atoms with Crippen LogP contribution in [-0.2, 0) is 10.0 Å². The van der Waals surface area contributed by atoms with Crippen molar-refractivity contribution in [1.29, 1.82) is 0 Å². The van der Waals surface area contributed by atoms with Gasteiger partial charge in [0.1, 0.15) is 11.3 Å². The lowest BCUT2D eigenvalue weighted by Crippen LogP contribution is -2.12. The van der Waals surface area contributed by atoms with Gasteiger partial charge in [0.25, 0.3) is 10.0 Å². The van der Waals surface area contributed by atoms with Gasteiger partial charge in [-0.25, -0.2) is 13.4 Å². The van der Waals surface area contributed by atoms with Crippen LogP contribution in [0.5, 0.6) is 5.75 Å². The Morgan fingerprint density at radius 3 is 2.55 bits per heavy atom. The molecule has 1 heterocycles. The molecule has 0 aliphatic heterocycles. The number of hydrogen-bond acceptors (Lipinski definition) is 5. The second-order valence-electron chi connectivity index (χ2n) is 4.70. The molecule has 0 unspecified atom stereocenters. The molecule has 0 aliphatic carbocycles. The summed E-state index contributed by atoms with van der Waals surface area (Å²) in [7, 11) is -2.14. The minimum atomic E-state index is -3.66. The van der Waals surface area contributed by atoms with Crippen molar-refractivity contribution in [3.8, 4) is 5.75 Å². The summed E-state index contributed by atoms with van der Waals surface area (Å²) in [5.74, 6) is 1.13. The number of rotatable bonds is 4. The average Bonchev–Trinajstić information content (AvgIpc) is 2.86. The summed E-state index contributed by atoms with van der Waals surface area (Å²) in [5, 5.41) is 0. The SMILES string of the molecule is COc1ccc(S(=O)(=O)Nc2ccc3oc(C)nc3c2)cc1. The number of oxazole rings is 1. The lowest BCUT2D eigenvalue weighted by atomic mass is 10.3. The quantitative estimate of drug-likeness (QED) is 0.800. The number of anilines is 1. The monoisotopic (exact) mass is 318 g/mol. The van der Waals surface area contributed by atoms with Crippen LogP contribution in [0.4, 0.5) is 5.69 Å². The van der Waals surface area contributed by atoms with E-state index >= 15 is 0 Å². The van der Waals surface area contributed by atoms with Gasteiger partial charge in [-0.3, -0.25) is 4.72 Å². The Kier molecular flexibility index (Phi) is 3.50. The van der Waals surface area contributed by atoms with E-state index in [2.05, 4.69) is 9.71 Å². The van der Waals surface area contributed by atoms with Gasteiger partial charge in [0.15, 0.2) is 11.5 Å². The Bertz CT molecular complexity index is 914. The number of sulfonamides is 1. The van der Waals surface area contributed by atoms with Crippen LogP contribution in [0, 0.1) is 6.92 Å². The van der Waals surface area contributed by atoms with Gasteiger partial charge in [0, 0.05) is 6.92 Å². The van der Waals surface area contributed by atoms with Gasteiger partial charge in [0.2, 0.25) is 0 Å². The van der Waals surface area contributed by atoms with Gasteiger partial charge in [-0.15, -0.1) is 0 Å². The fourth-order valence-electron chi connectivity index (χ4n) is 2.08. The molecule has 0 aliphatic rings. The number of fused-ring (bicyclic) bond motifs is 1. The molecular formula is C15H14N2O4S. The molecule has 6 nitrogen and oxygen atoms in total. The fraction of sp³-hybridized carbons (Fsp3) is 0.133. The van der Waals surface area contributed by atoms with Crippen molar-refractivity contribution >= 4 is 26.8 Å². The molecule has 0 atom stereocenters. The summed E-state index contributed by atoms with van der Waals surface area (Å²) in [6.07, 6.45) is 0. The molecular weight excluding hydrogens is 304 g/mol. The van der Waals surface area contributed by atoms with Crippen LogP contribution < -0.4 is 9.46 Å². The van der Waals surface area contributed by atoms with Crippen LogP contribution in [0.1, 0.15) is 5.89 Å². The number of nitrogens with one attached hydrogen (secondary N) is 1. The molecule has 0 radical (unpaired) electrons. The van der Waals surface area contributed by atoms with E-state index in [4.69, 9.17) is 9.15 Å². The largest absolute Gasteiger partial charge is 0.497 e. The molecule has 114 valence electrons. The molecule has 3 aromatic rings. The fourth-order valence-corrected chi connectivity index (χ4v) is 3.12. The van der Waals surface area contributed by atoms with Crippen LogP contribution in [0.25, 0.3) is 11.1 Å². The summed E-state index contributed by atoms with van der Waals surface area (Å²) >= 11 is 0. The third-order valence-corrected chi connectivity index (χ3v) is 4.51. The van der Waals surface area contributed by atoms with Crippen molar-refractivity contribution < 1.29 is 17.6 Å². The first-order valence-corrected chi connectivity index (χ1v) is 8.00. The molecule has 2 aromatic carbocycles. The standard InChI is InChI=1S/C15H14N2O4S/c1-10-16-14-9-11(3-8-15(14)21-10)17-22(18,19)13-6-4-12(20-2)5-7-13/h3-9,17H,1-2H3. The molecule has 0 bridgehead atoms. The maximum absolute atomic E-state index is 12.3. The maximum Gasteiger partial charge on any atom is 0.261 e. The second-order valence-corrected chi connectivity index (χ2v) is 6.38. The van der Waals surface area contributed by atoms with E-state index in [0.29, 0.717) is 28.4 Å². The average molecular weight is 318 g/mol. The van der Waals surface area contributed by atoms with E-state index in [1.807, 2.05) is 0 Å². The molecule has 0 fully saturated rings. The number of aromatic nitrogens is 1. The van der Waals surface area contributed by atoms with E-state index in [0.717, 1.165) is 0 Å². The Morgan fingerprint density at radius 2 is 1.86 bits per heavy atom. The normalized spacial score (nSPS) is 11.5. The zero-order valence-electron chi connectivity index (χ0n) is 12.0. The maximum atomic E-state index is 12.3. The highest BCUT2D eigenvalue weighted by Gasteiger charge is 2.15. The Morgan fingerprint density at radius 1 is 1.14 bits per heavy atom. The number of hydrogen-bond donors (Lipinski definition) is 1. The second kappa shape index (κ2) is 5.34. The molecule has 1 N–H and O–H groups in total. The minimum Gasteiger partial charge on any atom is -0.497 e. The van der Waals surface area contributed by atoms with Crippen molar-refractivity contribution in [3.63, 3.8) is 0 Å². The smallest absolute Gasteiger partial charge is 0.261 e. The first-order valence-electron chi connectivity index (χ1n) is 6.52. The van der Waals surface area contributed by atoms with Gasteiger partial charge in [0.05, 0.1) is 17.7 Å². The highest BCUT2D eigenvalue weighted by molar-refractivity contribution is 7.92. The van der Waals surface area contributed by atoms with E-state index in [1.54, 1.807) is 37.3 Å². The minimum absolute atomic E-state index is 0.157. The molecule has 0 saturated carbocycles. The molecule has 22 heavy (non-hydrogen) atoms. The predicted molar refractivity (Wildman–Crippen MR) is 82.5 cm³/mol. The Hall–Kier alpha value is -2.54. The number of ether oxygens (including phenoxy) is 1. The van der Waals surface area contributed by atoms with E-state index in [1.165, 1.54) is 19.2 Å². The van der Waals surface area contributed by atoms with Crippen molar-refractivity contribution in [1.82, 2.24) is 4.98 Å². The van der Waals surface area contributed by atoms with Gasteiger partial charge in [-0.2, -0.15) is 0 Å². The number of benzene rings is 2. The summed E-state index contributed by atoms with van der Waals surface area (Å²) < 4.78 is 37.6. The topological polar surface area (TPSA) is 81.4 Å². The summed E-state index contributed by atoms with van der Waals surface area (Å²) in [5.41, 5.74) is 1.65. The van der Waals surface area contributed by atoms with Gasteiger partial charge in [-0.1, -0.05) is 0 Å². The Labute approximate surface area is 127 Å². The van der Waals surface area contributed by atoms with Crippen LogP contribution >= 0.6 is 0 Å². The van der Waals surface area contributed by atoms with Crippen molar-refractivity contribution in [2.24, 2.45) is 0 Å². The molecule has 0 spiro atoms. The highest BCUT2D eigenvalue weighted by atomic mass is 32.2. The van der Waals surface area contributed by atoms with Gasteiger partial charge < -0.3 is 9.15 Å². The van der Waals surface area contributed by atoms with E-state index < -0.39 is 10.0 Å². The third-order valence-electron chi connectivity index (χ3n) is 3.12. The van der Waals surface area contributed by atoms with E-state index in [-0.39, 0.29) is 4.90 Å². The first-order chi connectivity index (χ1) is 10.5. The van der Waals surface area contributed by atoms with Crippen molar-refractivity contribution in [2.45, 2.75) is 11.8 Å². The first kappa shape index (κ1) is 14.4. The summed E-state index contributed by atoms with van der Waals surface area (Å²) in [6.45, 7) is 1.74.